The van der Waals surface area contributed by atoms with Crippen LogP contribution in [0.25, 0.3) is 0 Å². The highest BCUT2D eigenvalue weighted by Gasteiger charge is 2.40. The SMILES string of the molecule is CN=C(NCCC(=O)NC(C)C)N1CCC2(CCCC2)C1. The Morgan fingerprint density at radius 2 is 2.00 bits per heavy atom. The van der Waals surface area contributed by atoms with Crippen LogP contribution in [0.5, 0.6) is 0 Å². The van der Waals surface area contributed by atoms with Crippen molar-refractivity contribution in [3.8, 4) is 0 Å². The number of aliphatic imine (C=N–C) groups is 1. The number of rotatable bonds is 4. The third kappa shape index (κ3) is 4.35. The Balaban J connectivity index is 1.75. The summed E-state index contributed by atoms with van der Waals surface area (Å²) in [6.45, 7) is 6.84. The number of hydrogen-bond acceptors (Lipinski definition) is 2. The summed E-state index contributed by atoms with van der Waals surface area (Å²) in [4.78, 5) is 18.4. The summed E-state index contributed by atoms with van der Waals surface area (Å²) in [5, 5.41) is 6.25. The normalized spacial score (nSPS) is 21.3. The number of carbonyl (C=O) groups is 1. The van der Waals surface area contributed by atoms with Gasteiger partial charge in [0.1, 0.15) is 0 Å². The van der Waals surface area contributed by atoms with Crippen molar-refractivity contribution < 1.29 is 4.79 Å². The molecular formula is C16H30N4O. The van der Waals surface area contributed by atoms with Crippen molar-refractivity contribution in [1.29, 1.82) is 0 Å². The molecule has 2 fully saturated rings. The van der Waals surface area contributed by atoms with Crippen LogP contribution in [0.1, 0.15) is 52.4 Å². The molecule has 1 spiro atoms. The molecular weight excluding hydrogens is 264 g/mol. The summed E-state index contributed by atoms with van der Waals surface area (Å²) in [6.07, 6.45) is 7.30. The largest absolute Gasteiger partial charge is 0.356 e. The molecule has 5 nitrogen and oxygen atoms in total. The van der Waals surface area contributed by atoms with E-state index in [-0.39, 0.29) is 11.9 Å². The van der Waals surface area contributed by atoms with E-state index in [0.29, 0.717) is 18.4 Å². The zero-order valence-electron chi connectivity index (χ0n) is 13.7. The fraction of sp³-hybridized carbons (Fsp3) is 0.875. The molecule has 0 radical (unpaired) electrons. The zero-order valence-corrected chi connectivity index (χ0v) is 13.7. The van der Waals surface area contributed by atoms with Gasteiger partial charge in [-0.1, -0.05) is 12.8 Å². The molecule has 2 rings (SSSR count). The van der Waals surface area contributed by atoms with Gasteiger partial charge in [0.15, 0.2) is 5.96 Å². The van der Waals surface area contributed by atoms with Crippen molar-refractivity contribution in [3.63, 3.8) is 0 Å². The predicted molar refractivity (Wildman–Crippen MR) is 86.3 cm³/mol. The van der Waals surface area contributed by atoms with Gasteiger partial charge in [-0.2, -0.15) is 0 Å². The van der Waals surface area contributed by atoms with E-state index in [9.17, 15) is 4.79 Å². The predicted octanol–water partition coefficient (Wildman–Crippen LogP) is 1.74. The van der Waals surface area contributed by atoms with Crippen LogP contribution in [0, 0.1) is 5.41 Å². The third-order valence-corrected chi connectivity index (χ3v) is 4.70. The number of guanidine groups is 1. The lowest BCUT2D eigenvalue weighted by atomic mass is 9.86. The van der Waals surface area contributed by atoms with Gasteiger partial charge in [-0.3, -0.25) is 9.79 Å². The molecule has 0 atom stereocenters. The van der Waals surface area contributed by atoms with Crippen molar-refractivity contribution in [2.75, 3.05) is 26.7 Å². The number of hydrogen-bond donors (Lipinski definition) is 2. The van der Waals surface area contributed by atoms with Gasteiger partial charge in [-0.15, -0.1) is 0 Å². The average Bonchev–Trinajstić information content (AvgIpc) is 3.05. The second-order valence-electron chi connectivity index (χ2n) is 6.82. The first-order valence-electron chi connectivity index (χ1n) is 8.30. The molecule has 1 heterocycles. The van der Waals surface area contributed by atoms with Crippen LogP contribution in [0.2, 0.25) is 0 Å². The molecule has 2 N–H and O–H groups in total. The summed E-state index contributed by atoms with van der Waals surface area (Å²) < 4.78 is 0. The van der Waals surface area contributed by atoms with Crippen LogP contribution >= 0.6 is 0 Å². The summed E-state index contributed by atoms with van der Waals surface area (Å²) in [6, 6.07) is 0.206. The topological polar surface area (TPSA) is 56.7 Å². The quantitative estimate of drug-likeness (QED) is 0.613. The van der Waals surface area contributed by atoms with Crippen molar-refractivity contribution in [2.24, 2.45) is 10.4 Å². The smallest absolute Gasteiger partial charge is 0.221 e. The number of nitrogens with zero attached hydrogens (tertiary/aromatic N) is 2. The van der Waals surface area contributed by atoms with E-state index >= 15 is 0 Å². The summed E-state index contributed by atoms with van der Waals surface area (Å²) in [7, 11) is 1.83. The lowest BCUT2D eigenvalue weighted by molar-refractivity contribution is -0.121. The molecule has 0 bridgehead atoms. The standard InChI is InChI=1S/C16H30N4O/c1-13(2)19-14(21)6-10-18-15(17-3)20-11-9-16(12-20)7-4-5-8-16/h13H,4-12H2,1-3H3,(H,17,18)(H,19,21). The minimum atomic E-state index is 0.0987. The Morgan fingerprint density at radius 1 is 1.29 bits per heavy atom. The average molecular weight is 294 g/mol. The lowest BCUT2D eigenvalue weighted by Gasteiger charge is -2.25. The van der Waals surface area contributed by atoms with Gasteiger partial charge in [-0.05, 0) is 38.5 Å². The molecule has 0 unspecified atom stereocenters. The minimum Gasteiger partial charge on any atom is -0.356 e. The first-order chi connectivity index (χ1) is 10.0. The maximum atomic E-state index is 11.6. The van der Waals surface area contributed by atoms with E-state index in [1.165, 1.54) is 32.1 Å². The Hall–Kier alpha value is -1.26. The fourth-order valence-corrected chi connectivity index (χ4v) is 3.66. The molecule has 1 saturated carbocycles. The van der Waals surface area contributed by atoms with E-state index in [4.69, 9.17) is 0 Å². The van der Waals surface area contributed by atoms with E-state index in [1.807, 2.05) is 20.9 Å². The molecule has 5 heteroatoms. The summed E-state index contributed by atoms with van der Waals surface area (Å²) in [5.74, 6) is 1.05. The summed E-state index contributed by atoms with van der Waals surface area (Å²) >= 11 is 0. The van der Waals surface area contributed by atoms with E-state index in [2.05, 4.69) is 20.5 Å². The second-order valence-corrected chi connectivity index (χ2v) is 6.82. The Morgan fingerprint density at radius 3 is 2.62 bits per heavy atom. The van der Waals surface area contributed by atoms with E-state index in [0.717, 1.165) is 19.0 Å². The van der Waals surface area contributed by atoms with Crippen molar-refractivity contribution >= 4 is 11.9 Å². The molecule has 0 aromatic rings. The van der Waals surface area contributed by atoms with E-state index < -0.39 is 0 Å². The molecule has 1 amide bonds. The molecule has 1 saturated heterocycles. The van der Waals surface area contributed by atoms with Gasteiger partial charge in [0.25, 0.3) is 0 Å². The molecule has 0 aromatic heterocycles. The minimum absolute atomic E-state index is 0.0987. The van der Waals surface area contributed by atoms with Gasteiger partial charge in [-0.25, -0.2) is 0 Å². The molecule has 0 aromatic carbocycles. The first-order valence-corrected chi connectivity index (χ1v) is 8.30. The molecule has 120 valence electrons. The highest BCUT2D eigenvalue weighted by molar-refractivity contribution is 5.81. The maximum absolute atomic E-state index is 11.6. The van der Waals surface area contributed by atoms with Crippen molar-refractivity contribution in [1.82, 2.24) is 15.5 Å². The van der Waals surface area contributed by atoms with Crippen molar-refractivity contribution in [3.05, 3.63) is 0 Å². The Kier molecular flexibility index (Phi) is 5.48. The molecule has 1 aliphatic carbocycles. The number of carbonyl (C=O) groups excluding carboxylic acids is 1. The second kappa shape index (κ2) is 7.14. The molecule has 21 heavy (non-hydrogen) atoms. The van der Waals surface area contributed by atoms with Crippen LogP contribution in [-0.2, 0) is 4.79 Å². The number of likely N-dealkylation sites (tertiary alicyclic amines) is 1. The maximum Gasteiger partial charge on any atom is 0.221 e. The van der Waals surface area contributed by atoms with Crippen LogP contribution in [0.4, 0.5) is 0 Å². The zero-order chi connectivity index (χ0) is 15.3. The van der Waals surface area contributed by atoms with Gasteiger partial charge in [0.05, 0.1) is 0 Å². The summed E-state index contributed by atoms with van der Waals surface area (Å²) in [5.41, 5.74) is 0.548. The molecule has 1 aliphatic heterocycles. The highest BCUT2D eigenvalue weighted by Crippen LogP contribution is 2.45. The highest BCUT2D eigenvalue weighted by atomic mass is 16.1. The Bertz CT molecular complexity index is 386. The van der Waals surface area contributed by atoms with Gasteiger partial charge in [0.2, 0.25) is 5.91 Å². The Labute approximate surface area is 128 Å². The van der Waals surface area contributed by atoms with Crippen LogP contribution in [0.3, 0.4) is 0 Å². The molecule has 2 aliphatic rings. The van der Waals surface area contributed by atoms with Crippen LogP contribution in [0.15, 0.2) is 4.99 Å². The van der Waals surface area contributed by atoms with Crippen molar-refractivity contribution in [2.45, 2.75) is 58.4 Å². The number of nitrogens with one attached hydrogen (secondary N) is 2. The van der Waals surface area contributed by atoms with Crippen LogP contribution < -0.4 is 10.6 Å². The van der Waals surface area contributed by atoms with Gasteiger partial charge in [0, 0.05) is 39.1 Å². The lowest BCUT2D eigenvalue weighted by Crippen LogP contribution is -2.42. The van der Waals surface area contributed by atoms with E-state index in [1.54, 1.807) is 0 Å². The number of amides is 1. The van der Waals surface area contributed by atoms with Gasteiger partial charge >= 0.3 is 0 Å². The van der Waals surface area contributed by atoms with Crippen LogP contribution in [-0.4, -0.2) is 49.5 Å². The third-order valence-electron chi connectivity index (χ3n) is 4.70. The first kappa shape index (κ1) is 16.1. The monoisotopic (exact) mass is 294 g/mol. The fourth-order valence-electron chi connectivity index (χ4n) is 3.66. The van der Waals surface area contributed by atoms with Gasteiger partial charge < -0.3 is 15.5 Å².